The smallest absolute Gasteiger partial charge is 0.185 e. The minimum absolute atomic E-state index is 0. The first-order valence-electron chi connectivity index (χ1n) is 11.7. The largest absolute Gasteiger partial charge is 0.492 e. The van der Waals surface area contributed by atoms with Crippen molar-refractivity contribution >= 4 is 24.3 Å². The SMILES string of the molecule is Cc1cc(C)cc(-c2ccc(OCCN(C)C)c(/C=C/C(=O)c3ccc(CN(C)C)cc3)c2)c1.Cl. The standard InChI is InChI=1S/C30H36N2O2.ClH/c1-22-17-23(2)19-28(18-22)26-12-14-30(34-16-15-31(3)4)27(20-26)11-13-29(33)25-9-7-24(8-10-25)21-32(5)6;/h7-14,17-20H,15-16,21H2,1-6H3;1H/b13-11+;. The van der Waals surface area contributed by atoms with Crippen LogP contribution in [0.25, 0.3) is 17.2 Å². The zero-order chi connectivity index (χ0) is 24.7. The zero-order valence-electron chi connectivity index (χ0n) is 21.7. The molecule has 0 aliphatic rings. The molecule has 0 aliphatic heterocycles. The Labute approximate surface area is 216 Å². The molecule has 0 atom stereocenters. The van der Waals surface area contributed by atoms with Gasteiger partial charge in [0.15, 0.2) is 5.78 Å². The van der Waals surface area contributed by atoms with Gasteiger partial charge in [0.2, 0.25) is 0 Å². The highest BCUT2D eigenvalue weighted by Gasteiger charge is 2.08. The summed E-state index contributed by atoms with van der Waals surface area (Å²) in [6.07, 6.45) is 3.51. The third-order valence-electron chi connectivity index (χ3n) is 5.51. The maximum absolute atomic E-state index is 12.9. The lowest BCUT2D eigenvalue weighted by Gasteiger charge is -2.14. The number of halogens is 1. The van der Waals surface area contributed by atoms with E-state index in [0.717, 1.165) is 35.5 Å². The molecule has 0 unspecified atom stereocenters. The highest BCUT2D eigenvalue weighted by atomic mass is 35.5. The lowest BCUT2D eigenvalue weighted by atomic mass is 9.98. The predicted molar refractivity (Wildman–Crippen MR) is 150 cm³/mol. The van der Waals surface area contributed by atoms with Gasteiger partial charge in [0.05, 0.1) is 0 Å². The molecular formula is C30H37ClN2O2. The van der Waals surface area contributed by atoms with E-state index in [0.29, 0.717) is 12.2 Å². The zero-order valence-corrected chi connectivity index (χ0v) is 22.5. The van der Waals surface area contributed by atoms with Gasteiger partial charge in [-0.15, -0.1) is 12.4 Å². The van der Waals surface area contributed by atoms with Crippen molar-refractivity contribution in [1.82, 2.24) is 9.80 Å². The van der Waals surface area contributed by atoms with Crippen molar-refractivity contribution in [1.29, 1.82) is 0 Å². The normalized spacial score (nSPS) is 11.2. The van der Waals surface area contributed by atoms with Crippen LogP contribution in [0, 0.1) is 13.8 Å². The number of benzene rings is 3. The van der Waals surface area contributed by atoms with Crippen molar-refractivity contribution < 1.29 is 9.53 Å². The second kappa shape index (κ2) is 13.2. The average molecular weight is 493 g/mol. The number of carbonyl (C=O) groups excluding carboxylic acids is 1. The highest BCUT2D eigenvalue weighted by Crippen LogP contribution is 2.29. The summed E-state index contributed by atoms with van der Waals surface area (Å²) in [6, 6.07) is 20.5. The highest BCUT2D eigenvalue weighted by molar-refractivity contribution is 6.07. The first kappa shape index (κ1) is 28.3. The van der Waals surface area contributed by atoms with E-state index in [1.807, 2.05) is 64.6 Å². The Kier molecular flexibility index (Phi) is 10.7. The Morgan fingerprint density at radius 1 is 0.829 bits per heavy atom. The Morgan fingerprint density at radius 2 is 1.49 bits per heavy atom. The van der Waals surface area contributed by atoms with Crippen LogP contribution < -0.4 is 4.74 Å². The summed E-state index contributed by atoms with van der Waals surface area (Å²) in [6.45, 7) is 6.47. The lowest BCUT2D eigenvalue weighted by molar-refractivity contribution is 0.104. The third kappa shape index (κ3) is 8.66. The molecule has 5 heteroatoms. The molecule has 35 heavy (non-hydrogen) atoms. The maximum Gasteiger partial charge on any atom is 0.185 e. The average Bonchev–Trinajstić information content (AvgIpc) is 2.77. The molecule has 3 aromatic rings. The third-order valence-corrected chi connectivity index (χ3v) is 5.51. The molecule has 0 fully saturated rings. The maximum atomic E-state index is 12.9. The van der Waals surface area contributed by atoms with Crippen LogP contribution in [0.1, 0.15) is 32.6 Å². The molecule has 0 aliphatic carbocycles. The fraction of sp³-hybridized carbons (Fsp3) is 0.300. The molecule has 0 saturated carbocycles. The number of rotatable bonds is 10. The summed E-state index contributed by atoms with van der Waals surface area (Å²) >= 11 is 0. The van der Waals surface area contributed by atoms with E-state index in [9.17, 15) is 4.79 Å². The van der Waals surface area contributed by atoms with E-state index in [4.69, 9.17) is 4.74 Å². The Balaban J connectivity index is 0.00000432. The fourth-order valence-electron chi connectivity index (χ4n) is 3.87. The quantitative estimate of drug-likeness (QED) is 0.246. The number of likely N-dealkylation sites (N-methyl/N-ethyl adjacent to an activating group) is 1. The molecule has 186 valence electrons. The number of aryl methyl sites for hydroxylation is 2. The van der Waals surface area contributed by atoms with Crippen LogP contribution in [0.4, 0.5) is 0 Å². The molecule has 0 spiro atoms. The van der Waals surface area contributed by atoms with Gasteiger partial charge in [-0.25, -0.2) is 0 Å². The van der Waals surface area contributed by atoms with Gasteiger partial charge in [-0.3, -0.25) is 4.79 Å². The van der Waals surface area contributed by atoms with Crippen LogP contribution in [0.5, 0.6) is 5.75 Å². The van der Waals surface area contributed by atoms with E-state index in [-0.39, 0.29) is 18.2 Å². The number of ketones is 1. The second-order valence-corrected chi connectivity index (χ2v) is 9.41. The molecule has 3 aromatic carbocycles. The van der Waals surface area contributed by atoms with Crippen LogP contribution >= 0.6 is 12.4 Å². The summed E-state index contributed by atoms with van der Waals surface area (Å²) in [5.41, 5.74) is 7.48. The lowest BCUT2D eigenvalue weighted by Crippen LogP contribution is -2.19. The van der Waals surface area contributed by atoms with Gasteiger partial charge < -0.3 is 14.5 Å². The molecule has 0 heterocycles. The molecule has 0 amide bonds. The molecule has 0 N–H and O–H groups in total. The summed E-state index contributed by atoms with van der Waals surface area (Å²) in [7, 11) is 8.12. The van der Waals surface area contributed by atoms with E-state index in [2.05, 4.69) is 54.0 Å². The van der Waals surface area contributed by atoms with E-state index in [1.165, 1.54) is 16.7 Å². The van der Waals surface area contributed by atoms with Crippen LogP contribution in [-0.4, -0.2) is 56.9 Å². The van der Waals surface area contributed by atoms with Crippen molar-refractivity contribution in [2.45, 2.75) is 20.4 Å². The second-order valence-electron chi connectivity index (χ2n) is 9.41. The summed E-state index contributed by atoms with van der Waals surface area (Å²) < 4.78 is 6.07. The Bertz CT molecular complexity index is 1130. The van der Waals surface area contributed by atoms with Crippen molar-refractivity contribution in [3.05, 3.63) is 94.6 Å². The minimum Gasteiger partial charge on any atom is -0.492 e. The number of carbonyl (C=O) groups is 1. The number of hydrogen-bond donors (Lipinski definition) is 0. The Hall–Kier alpha value is -2.92. The summed E-state index contributed by atoms with van der Waals surface area (Å²) in [5.74, 6) is 0.757. The van der Waals surface area contributed by atoms with Gasteiger partial charge in [-0.2, -0.15) is 0 Å². The molecule has 3 rings (SSSR count). The Morgan fingerprint density at radius 3 is 2.09 bits per heavy atom. The van der Waals surface area contributed by atoms with Crippen molar-refractivity contribution in [3.63, 3.8) is 0 Å². The van der Waals surface area contributed by atoms with E-state index < -0.39 is 0 Å². The van der Waals surface area contributed by atoms with Crippen LogP contribution in [0.3, 0.4) is 0 Å². The van der Waals surface area contributed by atoms with Gasteiger partial charge in [0, 0.05) is 24.2 Å². The topological polar surface area (TPSA) is 32.8 Å². The molecule has 0 bridgehead atoms. The van der Waals surface area contributed by atoms with Crippen molar-refractivity contribution in [2.24, 2.45) is 0 Å². The molecule has 4 nitrogen and oxygen atoms in total. The van der Waals surface area contributed by atoms with E-state index >= 15 is 0 Å². The van der Waals surface area contributed by atoms with E-state index in [1.54, 1.807) is 6.08 Å². The van der Waals surface area contributed by atoms with Gasteiger partial charge in [0.25, 0.3) is 0 Å². The van der Waals surface area contributed by atoms with Gasteiger partial charge >= 0.3 is 0 Å². The van der Waals surface area contributed by atoms with Crippen LogP contribution in [0.2, 0.25) is 0 Å². The number of nitrogens with zero attached hydrogens (tertiary/aromatic N) is 2. The molecule has 0 aromatic heterocycles. The van der Waals surface area contributed by atoms with Crippen LogP contribution in [-0.2, 0) is 6.54 Å². The minimum atomic E-state index is -0.0209. The van der Waals surface area contributed by atoms with Crippen LogP contribution in [0.15, 0.2) is 66.7 Å². The molecule has 0 radical (unpaired) electrons. The first-order valence-corrected chi connectivity index (χ1v) is 11.7. The van der Waals surface area contributed by atoms with Crippen molar-refractivity contribution in [2.75, 3.05) is 41.3 Å². The van der Waals surface area contributed by atoms with Gasteiger partial charge in [-0.1, -0.05) is 59.7 Å². The molecule has 0 saturated heterocycles. The number of allylic oxidation sites excluding steroid dienone is 1. The molecular weight excluding hydrogens is 456 g/mol. The first-order chi connectivity index (χ1) is 16.2. The number of hydrogen-bond acceptors (Lipinski definition) is 4. The monoisotopic (exact) mass is 492 g/mol. The van der Waals surface area contributed by atoms with Gasteiger partial charge in [-0.05, 0) is 83.0 Å². The predicted octanol–water partition coefficient (Wildman–Crippen LogP) is 6.29. The fourth-order valence-corrected chi connectivity index (χ4v) is 3.87. The summed E-state index contributed by atoms with van der Waals surface area (Å²) in [4.78, 5) is 17.1. The number of ether oxygens (including phenoxy) is 1. The summed E-state index contributed by atoms with van der Waals surface area (Å²) in [5, 5.41) is 0. The van der Waals surface area contributed by atoms with Crippen molar-refractivity contribution in [3.8, 4) is 16.9 Å². The van der Waals surface area contributed by atoms with Gasteiger partial charge in [0.1, 0.15) is 12.4 Å².